The van der Waals surface area contributed by atoms with Crippen molar-refractivity contribution >= 4 is 35.3 Å². The Bertz CT molecular complexity index is 852. The lowest BCUT2D eigenvalue weighted by Crippen LogP contribution is -1.96. The SMILES string of the molecule is c1ccc(Sc2nc(Sc3ccccc3)nc(Sc3ccccc3)n2)cc1. The summed E-state index contributed by atoms with van der Waals surface area (Å²) >= 11 is 4.64. The van der Waals surface area contributed by atoms with E-state index < -0.39 is 0 Å². The highest BCUT2D eigenvalue weighted by Crippen LogP contribution is 2.32. The maximum atomic E-state index is 4.66. The molecular weight excluding hydrogens is 390 g/mol. The molecule has 0 atom stereocenters. The Morgan fingerprint density at radius 3 is 0.889 bits per heavy atom. The standard InChI is InChI=1S/C21H15N3S3/c1-4-10-16(11-5-1)25-19-22-20(26-17-12-6-2-7-13-17)24-21(23-19)27-18-14-8-3-9-15-18/h1-15H. The van der Waals surface area contributed by atoms with Crippen LogP contribution in [0.1, 0.15) is 0 Å². The summed E-state index contributed by atoms with van der Waals surface area (Å²) in [5.41, 5.74) is 0. The van der Waals surface area contributed by atoms with Crippen LogP contribution < -0.4 is 0 Å². The van der Waals surface area contributed by atoms with Crippen molar-refractivity contribution in [2.24, 2.45) is 0 Å². The van der Waals surface area contributed by atoms with Gasteiger partial charge < -0.3 is 0 Å². The summed E-state index contributed by atoms with van der Waals surface area (Å²) in [6.07, 6.45) is 0. The van der Waals surface area contributed by atoms with Gasteiger partial charge >= 0.3 is 0 Å². The molecule has 1 heterocycles. The summed E-state index contributed by atoms with van der Waals surface area (Å²) in [5.74, 6) is 0. The third kappa shape index (κ3) is 5.35. The van der Waals surface area contributed by atoms with E-state index in [-0.39, 0.29) is 0 Å². The highest BCUT2D eigenvalue weighted by Gasteiger charge is 2.11. The number of hydrogen-bond acceptors (Lipinski definition) is 6. The van der Waals surface area contributed by atoms with E-state index in [1.54, 1.807) is 35.3 Å². The van der Waals surface area contributed by atoms with Gasteiger partial charge in [-0.15, -0.1) is 0 Å². The molecule has 1 aromatic heterocycles. The van der Waals surface area contributed by atoms with Gasteiger partial charge in [0.15, 0.2) is 15.5 Å². The first-order valence-corrected chi connectivity index (χ1v) is 10.7. The van der Waals surface area contributed by atoms with E-state index in [1.165, 1.54) is 0 Å². The fourth-order valence-corrected chi connectivity index (χ4v) is 4.72. The number of rotatable bonds is 6. The molecule has 4 aromatic rings. The van der Waals surface area contributed by atoms with E-state index in [1.807, 2.05) is 54.6 Å². The van der Waals surface area contributed by atoms with Crippen molar-refractivity contribution in [1.82, 2.24) is 15.0 Å². The van der Waals surface area contributed by atoms with E-state index in [9.17, 15) is 0 Å². The van der Waals surface area contributed by atoms with Crippen LogP contribution in [0.4, 0.5) is 0 Å². The maximum Gasteiger partial charge on any atom is 0.197 e. The van der Waals surface area contributed by atoms with Crippen molar-refractivity contribution in [3.63, 3.8) is 0 Å². The minimum absolute atomic E-state index is 0.702. The maximum absolute atomic E-state index is 4.66. The van der Waals surface area contributed by atoms with E-state index in [2.05, 4.69) is 51.4 Å². The van der Waals surface area contributed by atoms with E-state index >= 15 is 0 Å². The first-order chi connectivity index (χ1) is 13.3. The molecule has 0 N–H and O–H groups in total. The van der Waals surface area contributed by atoms with Crippen molar-refractivity contribution in [2.45, 2.75) is 30.2 Å². The Morgan fingerprint density at radius 1 is 0.370 bits per heavy atom. The summed E-state index contributed by atoms with van der Waals surface area (Å²) in [5, 5.41) is 2.11. The zero-order valence-corrected chi connectivity index (χ0v) is 16.7. The zero-order chi connectivity index (χ0) is 18.3. The number of hydrogen-bond donors (Lipinski definition) is 0. The monoisotopic (exact) mass is 405 g/mol. The summed E-state index contributed by atoms with van der Waals surface area (Å²) in [6, 6.07) is 30.5. The fourth-order valence-electron chi connectivity index (χ4n) is 2.24. The van der Waals surface area contributed by atoms with Crippen LogP contribution in [0.25, 0.3) is 0 Å². The van der Waals surface area contributed by atoms with Crippen LogP contribution in [0.5, 0.6) is 0 Å². The van der Waals surface area contributed by atoms with Crippen molar-refractivity contribution < 1.29 is 0 Å². The van der Waals surface area contributed by atoms with Crippen LogP contribution in [0, 0.1) is 0 Å². The van der Waals surface area contributed by atoms with Gasteiger partial charge in [-0.2, -0.15) is 15.0 Å². The van der Waals surface area contributed by atoms with Gasteiger partial charge in [0, 0.05) is 14.7 Å². The molecule has 132 valence electrons. The van der Waals surface area contributed by atoms with Crippen LogP contribution in [0.2, 0.25) is 0 Å². The highest BCUT2D eigenvalue weighted by atomic mass is 32.2. The second-order valence-corrected chi connectivity index (χ2v) is 8.55. The van der Waals surface area contributed by atoms with Crippen LogP contribution in [0.15, 0.2) is 121 Å². The second-order valence-electron chi connectivity index (χ2n) is 5.43. The predicted molar refractivity (Wildman–Crippen MR) is 112 cm³/mol. The molecule has 0 unspecified atom stereocenters. The van der Waals surface area contributed by atoms with E-state index in [0.717, 1.165) is 14.7 Å². The molecule has 27 heavy (non-hydrogen) atoms. The average Bonchev–Trinajstić information content (AvgIpc) is 2.70. The van der Waals surface area contributed by atoms with Crippen molar-refractivity contribution in [1.29, 1.82) is 0 Å². The average molecular weight is 406 g/mol. The van der Waals surface area contributed by atoms with Gasteiger partial charge in [-0.25, -0.2) is 0 Å². The molecule has 0 aliphatic heterocycles. The molecule has 0 amide bonds. The normalized spacial score (nSPS) is 10.7. The van der Waals surface area contributed by atoms with Gasteiger partial charge in [0.2, 0.25) is 0 Å². The van der Waals surface area contributed by atoms with Crippen molar-refractivity contribution in [3.05, 3.63) is 91.0 Å². The third-order valence-corrected chi connectivity index (χ3v) is 6.05. The molecule has 0 fully saturated rings. The quantitative estimate of drug-likeness (QED) is 0.373. The van der Waals surface area contributed by atoms with Crippen LogP contribution in [0.3, 0.4) is 0 Å². The van der Waals surface area contributed by atoms with Gasteiger partial charge in [0.1, 0.15) is 0 Å². The van der Waals surface area contributed by atoms with E-state index in [4.69, 9.17) is 0 Å². The molecule has 0 saturated heterocycles. The fraction of sp³-hybridized carbons (Fsp3) is 0. The summed E-state index contributed by atoms with van der Waals surface area (Å²) in [4.78, 5) is 17.3. The lowest BCUT2D eigenvalue weighted by molar-refractivity contribution is 0.717. The van der Waals surface area contributed by atoms with Gasteiger partial charge in [0.25, 0.3) is 0 Å². The van der Waals surface area contributed by atoms with Gasteiger partial charge in [-0.3, -0.25) is 0 Å². The largest absolute Gasteiger partial charge is 0.197 e. The highest BCUT2D eigenvalue weighted by molar-refractivity contribution is 8.00. The lowest BCUT2D eigenvalue weighted by atomic mass is 10.4. The molecule has 0 bridgehead atoms. The lowest BCUT2D eigenvalue weighted by Gasteiger charge is -2.07. The Morgan fingerprint density at radius 2 is 0.630 bits per heavy atom. The zero-order valence-electron chi connectivity index (χ0n) is 14.2. The summed E-state index contributed by atoms with van der Waals surface area (Å²) < 4.78 is 0. The molecule has 4 rings (SSSR count). The molecule has 0 saturated carbocycles. The van der Waals surface area contributed by atoms with Gasteiger partial charge in [-0.05, 0) is 71.7 Å². The molecule has 3 nitrogen and oxygen atoms in total. The Balaban J connectivity index is 1.64. The molecule has 0 spiro atoms. The molecule has 0 radical (unpaired) electrons. The second kappa shape index (κ2) is 9.08. The topological polar surface area (TPSA) is 38.7 Å². The molecule has 0 aliphatic rings. The first kappa shape index (κ1) is 18.1. The minimum atomic E-state index is 0.702. The minimum Gasteiger partial charge on any atom is -0.196 e. The predicted octanol–water partition coefficient (Wildman–Crippen LogP) is 6.33. The number of aromatic nitrogens is 3. The van der Waals surface area contributed by atoms with Crippen molar-refractivity contribution in [3.8, 4) is 0 Å². The van der Waals surface area contributed by atoms with Gasteiger partial charge in [0.05, 0.1) is 0 Å². The Labute approximate surface area is 171 Å². The molecule has 3 aromatic carbocycles. The summed E-state index contributed by atoms with van der Waals surface area (Å²) in [7, 11) is 0. The van der Waals surface area contributed by atoms with Gasteiger partial charge in [-0.1, -0.05) is 54.6 Å². The first-order valence-electron chi connectivity index (χ1n) is 8.30. The summed E-state index contributed by atoms with van der Waals surface area (Å²) in [6.45, 7) is 0. The molecule has 0 aliphatic carbocycles. The van der Waals surface area contributed by atoms with Crippen LogP contribution >= 0.6 is 35.3 Å². The number of nitrogens with zero attached hydrogens (tertiary/aromatic N) is 3. The molecule has 6 heteroatoms. The Kier molecular flexibility index (Phi) is 6.09. The Hall–Kier alpha value is -2.28. The van der Waals surface area contributed by atoms with E-state index in [0.29, 0.717) is 15.5 Å². The number of benzene rings is 3. The third-order valence-electron chi connectivity index (χ3n) is 3.43. The van der Waals surface area contributed by atoms with Crippen LogP contribution in [-0.2, 0) is 0 Å². The molecular formula is C21H15N3S3. The van der Waals surface area contributed by atoms with Crippen molar-refractivity contribution in [2.75, 3.05) is 0 Å². The van der Waals surface area contributed by atoms with Crippen LogP contribution in [-0.4, -0.2) is 15.0 Å². The smallest absolute Gasteiger partial charge is 0.196 e.